The van der Waals surface area contributed by atoms with Gasteiger partial charge in [-0.25, -0.2) is 10.9 Å². The fraction of sp³-hybridized carbons (Fsp3) is 0.273. The molecule has 4 N–H and O–H groups in total. The van der Waals surface area contributed by atoms with Gasteiger partial charge < -0.3 is 10.2 Å². The molecular formula is C22H26N4O4. The van der Waals surface area contributed by atoms with Gasteiger partial charge in [0, 0.05) is 24.3 Å². The van der Waals surface area contributed by atoms with Gasteiger partial charge in [-0.3, -0.25) is 9.59 Å². The smallest absolute Gasteiger partial charge is 0.331 e. The first kappa shape index (κ1) is 22.9. The van der Waals surface area contributed by atoms with Gasteiger partial charge in [-0.15, -0.1) is 0 Å². The van der Waals surface area contributed by atoms with Crippen LogP contribution in [0.2, 0.25) is 0 Å². The van der Waals surface area contributed by atoms with Gasteiger partial charge in [-0.1, -0.05) is 60.7 Å². The summed E-state index contributed by atoms with van der Waals surface area (Å²) in [6, 6.07) is 18.1. The number of nitrogens with zero attached hydrogens (tertiary/aromatic N) is 2. The maximum atomic E-state index is 11.8. The molecular weight excluding hydrogens is 384 g/mol. The molecule has 0 aliphatic rings. The zero-order valence-corrected chi connectivity index (χ0v) is 16.9. The van der Waals surface area contributed by atoms with Crippen molar-refractivity contribution < 1.29 is 19.8 Å². The number of aliphatic hydroxyl groups is 2. The predicted molar refractivity (Wildman–Crippen MR) is 115 cm³/mol. The number of hydrogen-bond donors (Lipinski definition) is 4. The van der Waals surface area contributed by atoms with E-state index in [0.717, 1.165) is 11.1 Å². The van der Waals surface area contributed by atoms with Crippen LogP contribution >= 0.6 is 0 Å². The van der Waals surface area contributed by atoms with Crippen molar-refractivity contribution in [3.05, 3.63) is 71.8 Å². The monoisotopic (exact) mass is 410 g/mol. The largest absolute Gasteiger partial charge is 0.388 e. The third kappa shape index (κ3) is 7.57. The highest BCUT2D eigenvalue weighted by atomic mass is 16.3. The van der Waals surface area contributed by atoms with E-state index in [-0.39, 0.29) is 12.8 Å². The molecule has 0 radical (unpaired) electrons. The van der Waals surface area contributed by atoms with Crippen molar-refractivity contribution in [2.24, 2.45) is 10.2 Å². The lowest BCUT2D eigenvalue weighted by molar-refractivity contribution is -0.139. The number of rotatable bonds is 8. The van der Waals surface area contributed by atoms with E-state index in [1.54, 1.807) is 38.1 Å². The minimum Gasteiger partial charge on any atom is -0.388 e. The van der Waals surface area contributed by atoms with Crippen LogP contribution in [0.1, 0.15) is 50.0 Å². The lowest BCUT2D eigenvalue weighted by Gasteiger charge is -2.11. The third-order valence-corrected chi connectivity index (χ3v) is 4.25. The zero-order valence-electron chi connectivity index (χ0n) is 16.9. The summed E-state index contributed by atoms with van der Waals surface area (Å²) in [6.07, 6.45) is -1.10. The van der Waals surface area contributed by atoms with Crippen LogP contribution in [-0.4, -0.2) is 33.5 Å². The van der Waals surface area contributed by atoms with Crippen LogP contribution in [0.3, 0.4) is 0 Å². The second-order valence-corrected chi connectivity index (χ2v) is 6.84. The van der Waals surface area contributed by atoms with Crippen molar-refractivity contribution in [2.45, 2.75) is 38.9 Å². The first-order chi connectivity index (χ1) is 14.4. The Balaban J connectivity index is 1.80. The lowest BCUT2D eigenvalue weighted by Crippen LogP contribution is -2.36. The molecule has 30 heavy (non-hydrogen) atoms. The van der Waals surface area contributed by atoms with Crippen LogP contribution < -0.4 is 10.9 Å². The summed E-state index contributed by atoms with van der Waals surface area (Å²) >= 11 is 0. The SMILES string of the molecule is C/C(CC(O)c1ccccc1)=N\NC(=O)C(=O)N/N=C(\C)CC(O)c1ccccc1. The van der Waals surface area contributed by atoms with E-state index in [1.807, 2.05) is 36.4 Å². The van der Waals surface area contributed by atoms with Crippen LogP contribution in [0.4, 0.5) is 0 Å². The van der Waals surface area contributed by atoms with E-state index < -0.39 is 24.0 Å². The number of carbonyl (C=O) groups is 2. The Labute approximate surface area is 175 Å². The minimum absolute atomic E-state index is 0.209. The number of benzene rings is 2. The molecule has 2 aromatic rings. The molecule has 0 fully saturated rings. The van der Waals surface area contributed by atoms with E-state index in [2.05, 4.69) is 21.1 Å². The fourth-order valence-corrected chi connectivity index (χ4v) is 2.63. The Bertz CT molecular complexity index is 822. The summed E-state index contributed by atoms with van der Waals surface area (Å²) in [5, 5.41) is 28.0. The number of hydrazone groups is 2. The second kappa shape index (κ2) is 11.6. The number of nitrogens with one attached hydrogen (secondary N) is 2. The maximum Gasteiger partial charge on any atom is 0.331 e. The van der Waals surface area contributed by atoms with E-state index in [1.165, 1.54) is 0 Å². The van der Waals surface area contributed by atoms with E-state index in [4.69, 9.17) is 0 Å². The van der Waals surface area contributed by atoms with Gasteiger partial charge in [0.15, 0.2) is 0 Å². The Morgan fingerprint density at radius 2 is 1.07 bits per heavy atom. The first-order valence-corrected chi connectivity index (χ1v) is 9.49. The number of hydrogen-bond acceptors (Lipinski definition) is 6. The molecule has 0 aliphatic heterocycles. The molecule has 2 atom stereocenters. The summed E-state index contributed by atoms with van der Waals surface area (Å²) in [5.74, 6) is -1.97. The Morgan fingerprint density at radius 1 is 0.733 bits per heavy atom. The number of aliphatic hydroxyl groups excluding tert-OH is 2. The highest BCUT2D eigenvalue weighted by molar-refractivity contribution is 6.35. The molecule has 8 heteroatoms. The highest BCUT2D eigenvalue weighted by Crippen LogP contribution is 2.17. The summed E-state index contributed by atoms with van der Waals surface area (Å²) in [6.45, 7) is 3.27. The average Bonchev–Trinajstić information content (AvgIpc) is 2.76. The minimum atomic E-state index is -0.983. The summed E-state index contributed by atoms with van der Waals surface area (Å²) in [5.41, 5.74) is 6.66. The standard InChI is InChI=1S/C22H26N4O4/c1-15(13-19(27)17-9-5-3-6-10-17)23-25-21(29)22(30)26-24-16(2)14-20(28)18-11-7-4-8-12-18/h3-12,19-20,27-28H,13-14H2,1-2H3,(H,25,29)(H,26,30)/b23-15+,24-16+. The first-order valence-electron chi connectivity index (χ1n) is 9.49. The quantitative estimate of drug-likeness (QED) is 0.303. The summed E-state index contributed by atoms with van der Waals surface area (Å²) in [7, 11) is 0. The molecule has 2 amide bonds. The molecule has 158 valence electrons. The van der Waals surface area contributed by atoms with Crippen molar-refractivity contribution in [2.75, 3.05) is 0 Å². The molecule has 0 aromatic heterocycles. The second-order valence-electron chi connectivity index (χ2n) is 6.84. The van der Waals surface area contributed by atoms with Crippen molar-refractivity contribution in [1.29, 1.82) is 0 Å². The van der Waals surface area contributed by atoms with Gasteiger partial charge in [0.2, 0.25) is 0 Å². The van der Waals surface area contributed by atoms with Gasteiger partial charge in [0.05, 0.1) is 12.2 Å². The van der Waals surface area contributed by atoms with E-state index >= 15 is 0 Å². The molecule has 0 bridgehead atoms. The number of carbonyl (C=O) groups excluding carboxylic acids is 2. The van der Waals surface area contributed by atoms with Crippen LogP contribution in [0.25, 0.3) is 0 Å². The van der Waals surface area contributed by atoms with E-state index in [0.29, 0.717) is 11.4 Å². The van der Waals surface area contributed by atoms with Crippen molar-refractivity contribution >= 4 is 23.2 Å². The fourth-order valence-electron chi connectivity index (χ4n) is 2.63. The van der Waals surface area contributed by atoms with Crippen LogP contribution in [0.5, 0.6) is 0 Å². The predicted octanol–water partition coefficient (Wildman–Crippen LogP) is 2.22. The maximum absolute atomic E-state index is 11.8. The topological polar surface area (TPSA) is 123 Å². The molecule has 2 unspecified atom stereocenters. The average molecular weight is 410 g/mol. The van der Waals surface area contributed by atoms with E-state index in [9.17, 15) is 19.8 Å². The van der Waals surface area contributed by atoms with Gasteiger partial charge in [-0.2, -0.15) is 10.2 Å². The normalized spacial score (nSPS) is 14.0. The van der Waals surface area contributed by atoms with Gasteiger partial charge in [-0.05, 0) is 25.0 Å². The summed E-state index contributed by atoms with van der Waals surface area (Å²) < 4.78 is 0. The lowest BCUT2D eigenvalue weighted by atomic mass is 10.0. The Kier molecular flexibility index (Phi) is 8.86. The molecule has 0 heterocycles. The van der Waals surface area contributed by atoms with Gasteiger partial charge in [0.1, 0.15) is 0 Å². The molecule has 8 nitrogen and oxygen atoms in total. The van der Waals surface area contributed by atoms with Crippen LogP contribution in [-0.2, 0) is 9.59 Å². The third-order valence-electron chi connectivity index (χ3n) is 4.25. The molecule has 2 aromatic carbocycles. The van der Waals surface area contributed by atoms with Crippen molar-refractivity contribution in [3.63, 3.8) is 0 Å². The Hall–Kier alpha value is -3.36. The Morgan fingerprint density at radius 3 is 1.40 bits per heavy atom. The van der Waals surface area contributed by atoms with Crippen LogP contribution in [0.15, 0.2) is 70.9 Å². The molecule has 0 aliphatic carbocycles. The highest BCUT2D eigenvalue weighted by Gasteiger charge is 2.14. The van der Waals surface area contributed by atoms with Crippen molar-refractivity contribution in [1.82, 2.24) is 10.9 Å². The molecule has 0 spiro atoms. The van der Waals surface area contributed by atoms with Gasteiger partial charge in [0.25, 0.3) is 0 Å². The van der Waals surface area contributed by atoms with Gasteiger partial charge >= 0.3 is 11.8 Å². The molecule has 0 saturated heterocycles. The molecule has 0 saturated carbocycles. The summed E-state index contributed by atoms with van der Waals surface area (Å²) in [4.78, 5) is 23.7. The molecule has 2 rings (SSSR count). The van der Waals surface area contributed by atoms with Crippen molar-refractivity contribution in [3.8, 4) is 0 Å². The number of amides is 2. The zero-order chi connectivity index (χ0) is 21.9. The van der Waals surface area contributed by atoms with Crippen LogP contribution in [0, 0.1) is 0 Å².